The van der Waals surface area contributed by atoms with Gasteiger partial charge in [-0.3, -0.25) is 0 Å². The number of hydrogen-bond acceptors (Lipinski definition) is 2. The smallest absolute Gasteiger partial charge is 0.0540 e. The van der Waals surface area contributed by atoms with Crippen molar-refractivity contribution in [3.8, 4) is 44.5 Å². The van der Waals surface area contributed by atoms with Gasteiger partial charge in [0.25, 0.3) is 0 Å². The van der Waals surface area contributed by atoms with Gasteiger partial charge in [-0.1, -0.05) is 178 Å². The van der Waals surface area contributed by atoms with Gasteiger partial charge in [-0.15, -0.1) is 22.7 Å². The Kier molecular flexibility index (Phi) is 7.31. The summed E-state index contributed by atoms with van der Waals surface area (Å²) < 4.78 is 5.51. The van der Waals surface area contributed by atoms with E-state index in [0.717, 1.165) is 0 Å². The molecule has 11 aromatic carbocycles. The standard InChI is InChI=1S/C61H38S2/c1-61(2)51-33-37(36-28-31-54-50(32-36)58-48-22-10-9-21-47(48)57-49-23-11-12-25-53(49)62-59(57)60(58)63-54)26-29-40(51)41-30-27-38(34-52(41)61)55-43-17-5-7-19-45(43)56(46-20-8-6-18-44(46)55)42-24-13-15-35-14-3-4-16-39(35)42/h3-34H,1-2H3. The zero-order valence-electron chi connectivity index (χ0n) is 34.8. The van der Waals surface area contributed by atoms with Crippen molar-refractivity contribution in [2.45, 2.75) is 19.3 Å². The number of hydrogen-bond donors (Lipinski definition) is 0. The summed E-state index contributed by atoms with van der Waals surface area (Å²) in [6.45, 7) is 4.84. The van der Waals surface area contributed by atoms with Crippen LogP contribution in [0.3, 0.4) is 0 Å². The molecule has 63 heavy (non-hydrogen) atoms. The monoisotopic (exact) mass is 834 g/mol. The number of thiophene rings is 2. The summed E-state index contributed by atoms with van der Waals surface area (Å²) in [5, 5.41) is 15.9. The van der Waals surface area contributed by atoms with Gasteiger partial charge in [-0.05, 0) is 129 Å². The largest absolute Gasteiger partial charge is 0.134 e. The summed E-state index contributed by atoms with van der Waals surface area (Å²) in [5.74, 6) is 0. The maximum atomic E-state index is 2.50. The van der Waals surface area contributed by atoms with Crippen LogP contribution in [0.15, 0.2) is 194 Å². The highest BCUT2D eigenvalue weighted by Crippen LogP contribution is 2.54. The zero-order chi connectivity index (χ0) is 41.6. The van der Waals surface area contributed by atoms with Gasteiger partial charge in [-0.2, -0.15) is 0 Å². The second-order valence-electron chi connectivity index (χ2n) is 17.9. The molecule has 1 aliphatic rings. The van der Waals surface area contributed by atoms with Crippen LogP contribution < -0.4 is 0 Å². The molecule has 294 valence electrons. The summed E-state index contributed by atoms with van der Waals surface area (Å²) in [5.41, 5.74) is 13.0. The average molecular weight is 835 g/mol. The Labute approximate surface area is 372 Å². The average Bonchev–Trinajstić information content (AvgIpc) is 3.98. The van der Waals surface area contributed by atoms with Gasteiger partial charge in [-0.25, -0.2) is 0 Å². The fraction of sp³-hybridized carbons (Fsp3) is 0.0492. The lowest BCUT2D eigenvalue weighted by Crippen LogP contribution is -2.15. The summed E-state index contributed by atoms with van der Waals surface area (Å²) in [7, 11) is 0. The van der Waals surface area contributed by atoms with Gasteiger partial charge < -0.3 is 0 Å². The predicted octanol–water partition coefficient (Wildman–Crippen LogP) is 18.3. The van der Waals surface area contributed by atoms with Gasteiger partial charge in [0.1, 0.15) is 0 Å². The second kappa shape index (κ2) is 13.0. The molecule has 0 radical (unpaired) electrons. The van der Waals surface area contributed by atoms with Gasteiger partial charge in [0, 0.05) is 36.4 Å². The Bertz CT molecular complexity index is 4060. The highest BCUT2D eigenvalue weighted by Gasteiger charge is 2.36. The number of rotatable bonds is 3. The molecular formula is C61H38S2. The minimum Gasteiger partial charge on any atom is -0.134 e. The fourth-order valence-corrected chi connectivity index (χ4v) is 13.9. The predicted molar refractivity (Wildman–Crippen MR) is 276 cm³/mol. The Morgan fingerprint density at radius 3 is 1.44 bits per heavy atom. The molecule has 2 heterocycles. The van der Waals surface area contributed by atoms with Crippen LogP contribution in [0.5, 0.6) is 0 Å². The number of benzene rings is 11. The van der Waals surface area contributed by atoms with Crippen LogP contribution in [-0.4, -0.2) is 0 Å². The Morgan fingerprint density at radius 2 is 0.778 bits per heavy atom. The van der Waals surface area contributed by atoms with Gasteiger partial charge in [0.05, 0.1) is 9.40 Å². The minimum atomic E-state index is -0.187. The van der Waals surface area contributed by atoms with E-state index in [0.29, 0.717) is 0 Å². The third-order valence-electron chi connectivity index (χ3n) is 14.2. The molecule has 0 aliphatic heterocycles. The molecule has 0 atom stereocenters. The SMILES string of the molecule is CC1(C)c2cc(-c3ccc4sc5c6sc7ccccc7c6c6ccccc6c5c4c3)ccc2-c2ccc(-c3c4ccccc4c(-c4cccc5ccccc45)c4ccccc34)cc21. The van der Waals surface area contributed by atoms with Crippen molar-refractivity contribution >= 4 is 106 Å². The van der Waals surface area contributed by atoms with Crippen LogP contribution in [0, 0.1) is 0 Å². The van der Waals surface area contributed by atoms with Crippen molar-refractivity contribution in [3.63, 3.8) is 0 Å². The molecule has 0 saturated carbocycles. The molecule has 0 saturated heterocycles. The molecule has 2 aromatic heterocycles. The van der Waals surface area contributed by atoms with Crippen LogP contribution in [-0.2, 0) is 5.41 Å². The first-order chi connectivity index (χ1) is 31.0. The van der Waals surface area contributed by atoms with Crippen molar-refractivity contribution in [3.05, 3.63) is 205 Å². The van der Waals surface area contributed by atoms with Crippen LogP contribution >= 0.6 is 22.7 Å². The maximum absolute atomic E-state index is 2.50. The van der Waals surface area contributed by atoms with E-state index in [4.69, 9.17) is 0 Å². The molecule has 0 bridgehead atoms. The van der Waals surface area contributed by atoms with Crippen LogP contribution in [0.1, 0.15) is 25.0 Å². The van der Waals surface area contributed by atoms with Crippen LogP contribution in [0.25, 0.3) is 128 Å². The summed E-state index contributed by atoms with van der Waals surface area (Å²) in [6, 6.07) is 73.2. The lowest BCUT2D eigenvalue weighted by atomic mass is 9.80. The Hall–Kier alpha value is -7.10. The van der Waals surface area contributed by atoms with Gasteiger partial charge >= 0.3 is 0 Å². The van der Waals surface area contributed by atoms with Crippen molar-refractivity contribution < 1.29 is 0 Å². The third kappa shape index (κ3) is 4.91. The molecular weight excluding hydrogens is 797 g/mol. The molecule has 14 rings (SSSR count). The molecule has 0 amide bonds. The van der Waals surface area contributed by atoms with Crippen molar-refractivity contribution in [2.24, 2.45) is 0 Å². The third-order valence-corrected chi connectivity index (χ3v) is 16.7. The highest BCUT2D eigenvalue weighted by molar-refractivity contribution is 7.33. The van der Waals surface area contributed by atoms with Crippen molar-refractivity contribution in [2.75, 3.05) is 0 Å². The maximum Gasteiger partial charge on any atom is 0.0540 e. The molecule has 0 N–H and O–H groups in total. The molecule has 1 aliphatic carbocycles. The first-order valence-electron chi connectivity index (χ1n) is 21.9. The van der Waals surface area contributed by atoms with E-state index in [9.17, 15) is 0 Å². The van der Waals surface area contributed by atoms with Crippen LogP contribution in [0.2, 0.25) is 0 Å². The molecule has 0 nitrogen and oxygen atoms in total. The minimum absolute atomic E-state index is 0.187. The first kappa shape index (κ1) is 35.5. The van der Waals surface area contributed by atoms with E-state index in [-0.39, 0.29) is 5.41 Å². The zero-order valence-corrected chi connectivity index (χ0v) is 36.4. The lowest BCUT2D eigenvalue weighted by molar-refractivity contribution is 0.661. The second-order valence-corrected chi connectivity index (χ2v) is 20.0. The fourth-order valence-electron chi connectivity index (χ4n) is 11.3. The van der Waals surface area contributed by atoms with Crippen molar-refractivity contribution in [1.29, 1.82) is 0 Å². The van der Waals surface area contributed by atoms with Crippen molar-refractivity contribution in [1.82, 2.24) is 0 Å². The summed E-state index contributed by atoms with van der Waals surface area (Å²) >= 11 is 3.89. The van der Waals surface area contributed by atoms with E-state index in [2.05, 4.69) is 208 Å². The van der Waals surface area contributed by atoms with E-state index >= 15 is 0 Å². The first-order valence-corrected chi connectivity index (χ1v) is 23.5. The summed E-state index contributed by atoms with van der Waals surface area (Å²) in [6.07, 6.45) is 0. The van der Waals surface area contributed by atoms with E-state index < -0.39 is 0 Å². The molecule has 2 heteroatoms. The van der Waals surface area contributed by atoms with E-state index in [1.54, 1.807) is 0 Å². The Morgan fingerprint density at radius 1 is 0.317 bits per heavy atom. The lowest BCUT2D eigenvalue weighted by Gasteiger charge is -2.23. The summed E-state index contributed by atoms with van der Waals surface area (Å²) in [4.78, 5) is 0. The van der Waals surface area contributed by atoms with E-state index in [1.807, 2.05) is 22.7 Å². The quantitative estimate of drug-likeness (QED) is 0.156. The van der Waals surface area contributed by atoms with E-state index in [1.165, 1.54) is 139 Å². The molecule has 13 aromatic rings. The topological polar surface area (TPSA) is 0 Å². The number of fused-ring (bicyclic) bond motifs is 16. The Balaban J connectivity index is 0.917. The molecule has 0 spiro atoms. The van der Waals surface area contributed by atoms with Crippen LogP contribution in [0.4, 0.5) is 0 Å². The highest BCUT2D eigenvalue weighted by atomic mass is 32.1. The van der Waals surface area contributed by atoms with Gasteiger partial charge in [0.15, 0.2) is 0 Å². The van der Waals surface area contributed by atoms with Gasteiger partial charge in [0.2, 0.25) is 0 Å². The molecule has 0 fully saturated rings. The molecule has 0 unspecified atom stereocenters. The normalized spacial score (nSPS) is 13.4.